The lowest BCUT2D eigenvalue weighted by Gasteiger charge is -2.06. The first-order chi connectivity index (χ1) is 13.4. The van der Waals surface area contributed by atoms with Gasteiger partial charge in [0.25, 0.3) is 11.5 Å². The summed E-state index contributed by atoms with van der Waals surface area (Å²) in [6.07, 6.45) is 0. The maximum atomic E-state index is 12.0. The number of guanidine groups is 1. The quantitative estimate of drug-likeness (QED) is 0.292. The number of H-pyrrole nitrogens is 1. The highest BCUT2D eigenvalue weighted by molar-refractivity contribution is 7.98. The molecule has 2 aromatic carbocycles. The average molecular weight is 415 g/mol. The molecule has 0 fully saturated rings. The molecule has 3 rings (SSSR count). The molecule has 8 heteroatoms. The monoisotopic (exact) mass is 414 g/mol. The zero-order chi connectivity index (χ0) is 20.1. The summed E-state index contributed by atoms with van der Waals surface area (Å²) in [4.78, 5) is 23.0. The molecule has 0 radical (unpaired) electrons. The number of hydrogen-bond acceptors (Lipinski definition) is 3. The van der Waals surface area contributed by atoms with Crippen molar-refractivity contribution in [2.24, 2.45) is 5.73 Å². The third-order valence-corrected chi connectivity index (χ3v) is 5.20. The normalized spacial score (nSPS) is 11.5. The van der Waals surface area contributed by atoms with Gasteiger partial charge in [-0.3, -0.25) is 10.1 Å². The first kappa shape index (κ1) is 20.0. The van der Waals surface area contributed by atoms with Gasteiger partial charge in [0.1, 0.15) is 5.69 Å². The molecule has 0 atom stereocenters. The number of aryl methyl sites for hydroxylation is 2. The molecule has 0 aliphatic heterocycles. The van der Waals surface area contributed by atoms with Gasteiger partial charge in [-0.2, -0.15) is 0 Å². The van der Waals surface area contributed by atoms with Crippen LogP contribution in [0, 0.1) is 13.8 Å². The van der Waals surface area contributed by atoms with Gasteiger partial charge >= 0.3 is 5.95 Å². The van der Waals surface area contributed by atoms with Crippen molar-refractivity contribution in [1.29, 1.82) is 0 Å². The number of rotatable bonds is 5. The van der Waals surface area contributed by atoms with Gasteiger partial charge in [0.15, 0.2) is 0 Å². The van der Waals surface area contributed by atoms with Crippen LogP contribution >= 0.6 is 23.4 Å². The van der Waals surface area contributed by atoms with Crippen molar-refractivity contribution in [1.82, 2.24) is 9.97 Å². The largest absolute Gasteiger partial charge is 0.325 e. The summed E-state index contributed by atoms with van der Waals surface area (Å²) in [7, 11) is 0. The molecule has 5 N–H and O–H groups in total. The Kier molecular flexibility index (Phi) is 6.38. The number of nitrogens with zero attached hydrogens (tertiary/aromatic N) is 1. The number of benzene rings is 2. The molecular formula is C20H21ClN5OS+. The molecule has 0 unspecified atom stereocenters. The van der Waals surface area contributed by atoms with E-state index in [1.807, 2.05) is 50.2 Å². The molecule has 0 saturated carbocycles. The lowest BCUT2D eigenvalue weighted by atomic mass is 10.1. The van der Waals surface area contributed by atoms with Gasteiger partial charge in [-0.15, -0.1) is 16.7 Å². The SMILES string of the molecule is Cc1ccc(NC(N)=[NH+]c2nc(CSc3ccc(Cl)cc3)cc(=O)[nH]2)c(C)c1. The van der Waals surface area contributed by atoms with Crippen LogP contribution in [0.5, 0.6) is 0 Å². The number of aromatic nitrogens is 2. The minimum atomic E-state index is -0.247. The molecule has 28 heavy (non-hydrogen) atoms. The third kappa shape index (κ3) is 5.61. The van der Waals surface area contributed by atoms with E-state index < -0.39 is 0 Å². The van der Waals surface area contributed by atoms with Crippen LogP contribution in [0.1, 0.15) is 16.8 Å². The molecule has 0 aliphatic carbocycles. The standard InChI is InChI=1S/C20H20ClN5OS/c1-12-3-8-17(13(2)9-12)24-19(22)26-20-23-15(10-18(27)25-20)11-28-16-6-4-14(21)5-7-16/h3-10H,11H2,1-2H3,(H4,22,23,24,25,26,27)/p+1. The zero-order valence-electron chi connectivity index (χ0n) is 15.5. The van der Waals surface area contributed by atoms with Crippen molar-refractivity contribution in [2.45, 2.75) is 24.5 Å². The Balaban J connectivity index is 1.73. The van der Waals surface area contributed by atoms with Gasteiger partial charge in [-0.05, 0) is 49.7 Å². The van der Waals surface area contributed by atoms with Crippen molar-refractivity contribution in [3.63, 3.8) is 0 Å². The number of nitrogens with two attached hydrogens (primary N) is 1. The number of thioether (sulfide) groups is 1. The maximum absolute atomic E-state index is 12.0. The highest BCUT2D eigenvalue weighted by Crippen LogP contribution is 2.23. The van der Waals surface area contributed by atoms with Crippen LogP contribution in [0.3, 0.4) is 0 Å². The molecule has 1 heterocycles. The van der Waals surface area contributed by atoms with Crippen molar-refractivity contribution in [3.05, 3.63) is 80.7 Å². The summed E-state index contributed by atoms with van der Waals surface area (Å²) in [5, 5.41) is 3.78. The van der Waals surface area contributed by atoms with Gasteiger partial charge in [0.2, 0.25) is 0 Å². The van der Waals surface area contributed by atoms with Gasteiger partial charge in [0.05, 0.1) is 11.4 Å². The Bertz CT molecular complexity index is 1060. The number of halogens is 1. The van der Waals surface area contributed by atoms with E-state index in [4.69, 9.17) is 17.3 Å². The van der Waals surface area contributed by atoms with Crippen LogP contribution in [0.25, 0.3) is 0 Å². The minimum Gasteiger partial charge on any atom is -0.322 e. The zero-order valence-corrected chi connectivity index (χ0v) is 17.1. The van der Waals surface area contributed by atoms with E-state index in [2.05, 4.69) is 26.3 Å². The molecule has 0 spiro atoms. The lowest BCUT2D eigenvalue weighted by Crippen LogP contribution is -2.73. The molecular weight excluding hydrogens is 394 g/mol. The lowest BCUT2D eigenvalue weighted by molar-refractivity contribution is -0.365. The molecule has 1 aromatic heterocycles. The maximum Gasteiger partial charge on any atom is 0.325 e. The Morgan fingerprint density at radius 1 is 1.21 bits per heavy atom. The Hall–Kier alpha value is -2.77. The van der Waals surface area contributed by atoms with Crippen LogP contribution in [-0.4, -0.2) is 15.9 Å². The van der Waals surface area contributed by atoms with E-state index in [0.717, 1.165) is 16.1 Å². The highest BCUT2D eigenvalue weighted by Gasteiger charge is 2.08. The Morgan fingerprint density at radius 2 is 1.96 bits per heavy atom. The second-order valence-corrected chi connectivity index (χ2v) is 7.80. The number of hydrogen-bond donors (Lipinski definition) is 4. The predicted molar refractivity (Wildman–Crippen MR) is 115 cm³/mol. The summed E-state index contributed by atoms with van der Waals surface area (Å²) in [6.45, 7) is 4.03. The van der Waals surface area contributed by atoms with Gasteiger partial charge < -0.3 is 5.73 Å². The molecule has 0 aliphatic rings. The van der Waals surface area contributed by atoms with Crippen LogP contribution in [0.2, 0.25) is 5.02 Å². The Labute approximate surface area is 172 Å². The average Bonchev–Trinajstić information content (AvgIpc) is 2.63. The van der Waals surface area contributed by atoms with Gasteiger partial charge in [-0.1, -0.05) is 29.3 Å². The summed E-state index contributed by atoms with van der Waals surface area (Å²) in [6, 6.07) is 15.0. The van der Waals surface area contributed by atoms with Crippen molar-refractivity contribution >= 4 is 41.0 Å². The van der Waals surface area contributed by atoms with E-state index >= 15 is 0 Å². The fourth-order valence-electron chi connectivity index (χ4n) is 2.59. The van der Waals surface area contributed by atoms with Crippen molar-refractivity contribution in [2.75, 3.05) is 5.32 Å². The Morgan fingerprint density at radius 3 is 2.68 bits per heavy atom. The van der Waals surface area contributed by atoms with Crippen LogP contribution in [0.15, 0.2) is 58.2 Å². The van der Waals surface area contributed by atoms with Crippen LogP contribution in [-0.2, 0) is 5.75 Å². The van der Waals surface area contributed by atoms with E-state index in [-0.39, 0.29) is 17.5 Å². The van der Waals surface area contributed by atoms with E-state index in [1.54, 1.807) is 11.8 Å². The molecule has 3 aromatic rings. The molecule has 0 amide bonds. The fraction of sp³-hybridized carbons (Fsp3) is 0.150. The van der Waals surface area contributed by atoms with Gasteiger partial charge in [-0.25, -0.2) is 9.98 Å². The first-order valence-electron chi connectivity index (χ1n) is 8.61. The predicted octanol–water partition coefficient (Wildman–Crippen LogP) is 2.47. The number of nitrogens with one attached hydrogen (secondary N) is 3. The van der Waals surface area contributed by atoms with Crippen LogP contribution in [0.4, 0.5) is 11.6 Å². The highest BCUT2D eigenvalue weighted by atomic mass is 35.5. The fourth-order valence-corrected chi connectivity index (χ4v) is 3.50. The summed E-state index contributed by atoms with van der Waals surface area (Å²) >= 11 is 7.47. The first-order valence-corrected chi connectivity index (χ1v) is 9.98. The van der Waals surface area contributed by atoms with Crippen molar-refractivity contribution < 1.29 is 4.99 Å². The second kappa shape index (κ2) is 8.95. The smallest absolute Gasteiger partial charge is 0.322 e. The molecule has 6 nitrogen and oxygen atoms in total. The molecule has 0 bridgehead atoms. The number of aromatic amines is 1. The van der Waals surface area contributed by atoms with E-state index in [1.165, 1.54) is 11.6 Å². The molecule has 0 saturated heterocycles. The topological polar surface area (TPSA) is 97.8 Å². The second-order valence-electron chi connectivity index (χ2n) is 6.31. The molecule has 144 valence electrons. The van der Waals surface area contributed by atoms with Crippen LogP contribution < -0.4 is 21.6 Å². The van der Waals surface area contributed by atoms with Gasteiger partial charge in [0, 0.05) is 16.0 Å². The van der Waals surface area contributed by atoms with E-state index in [0.29, 0.717) is 16.5 Å². The minimum absolute atomic E-state index is 0.247. The summed E-state index contributed by atoms with van der Waals surface area (Å²) in [5.41, 5.74) is 9.56. The third-order valence-electron chi connectivity index (χ3n) is 3.90. The summed E-state index contributed by atoms with van der Waals surface area (Å²) < 4.78 is 0. The number of anilines is 1. The van der Waals surface area contributed by atoms with E-state index in [9.17, 15) is 4.79 Å². The summed E-state index contributed by atoms with van der Waals surface area (Å²) in [5.74, 6) is 1.11. The van der Waals surface area contributed by atoms with Crippen molar-refractivity contribution in [3.8, 4) is 0 Å².